The van der Waals surface area contributed by atoms with E-state index in [2.05, 4.69) is 0 Å². The van der Waals surface area contributed by atoms with E-state index in [1.165, 1.54) is 0 Å². The van der Waals surface area contributed by atoms with Crippen molar-refractivity contribution >= 4 is 18.3 Å². The number of ether oxygens (including phenoxy) is 1. The zero-order chi connectivity index (χ0) is 13.7. The van der Waals surface area contributed by atoms with Crippen LogP contribution in [-0.4, -0.2) is 36.5 Å². The predicted octanol–water partition coefficient (Wildman–Crippen LogP) is 2.07. The van der Waals surface area contributed by atoms with E-state index in [9.17, 15) is 4.79 Å². The standard InChI is InChI=1S/C15H22N2O2.ClH/c1-12(16)13-7-9-17(10-8-13)15(18)11-19-14-5-3-2-4-6-14;/h2-6,12-13H,7-11,16H2,1H3;1H. The molecule has 2 rings (SSSR count). The third-order valence-corrected chi connectivity index (χ3v) is 3.74. The lowest BCUT2D eigenvalue weighted by Gasteiger charge is -2.33. The van der Waals surface area contributed by atoms with Crippen molar-refractivity contribution < 1.29 is 9.53 Å². The summed E-state index contributed by atoms with van der Waals surface area (Å²) in [5, 5.41) is 0. The van der Waals surface area contributed by atoms with Crippen molar-refractivity contribution in [3.05, 3.63) is 30.3 Å². The molecule has 0 aromatic heterocycles. The monoisotopic (exact) mass is 298 g/mol. The van der Waals surface area contributed by atoms with Crippen LogP contribution in [0.3, 0.4) is 0 Å². The molecule has 4 nitrogen and oxygen atoms in total. The molecule has 1 aliphatic heterocycles. The van der Waals surface area contributed by atoms with Gasteiger partial charge in [0.2, 0.25) is 0 Å². The number of hydrogen-bond acceptors (Lipinski definition) is 3. The number of halogens is 1. The minimum atomic E-state index is 0. The highest BCUT2D eigenvalue weighted by Gasteiger charge is 2.24. The van der Waals surface area contributed by atoms with E-state index in [-0.39, 0.29) is 31.0 Å². The molecule has 112 valence electrons. The summed E-state index contributed by atoms with van der Waals surface area (Å²) in [6.45, 7) is 3.75. The van der Waals surface area contributed by atoms with Crippen molar-refractivity contribution in [3.63, 3.8) is 0 Å². The molecule has 5 heteroatoms. The maximum atomic E-state index is 12.0. The quantitative estimate of drug-likeness (QED) is 0.926. The van der Waals surface area contributed by atoms with E-state index in [0.29, 0.717) is 5.92 Å². The summed E-state index contributed by atoms with van der Waals surface area (Å²) in [5.41, 5.74) is 5.90. The van der Waals surface area contributed by atoms with Gasteiger partial charge in [-0.15, -0.1) is 12.4 Å². The van der Waals surface area contributed by atoms with Gasteiger partial charge in [-0.25, -0.2) is 0 Å². The third kappa shape index (κ3) is 4.69. The topological polar surface area (TPSA) is 55.6 Å². The van der Waals surface area contributed by atoms with Crippen LogP contribution in [-0.2, 0) is 4.79 Å². The fraction of sp³-hybridized carbons (Fsp3) is 0.533. The smallest absolute Gasteiger partial charge is 0.260 e. The number of likely N-dealkylation sites (tertiary alicyclic amines) is 1. The highest BCUT2D eigenvalue weighted by molar-refractivity contribution is 5.85. The molecular formula is C15H23ClN2O2. The van der Waals surface area contributed by atoms with Crippen LogP contribution >= 0.6 is 12.4 Å². The normalized spacial score (nSPS) is 17.2. The predicted molar refractivity (Wildman–Crippen MR) is 82.1 cm³/mol. The van der Waals surface area contributed by atoms with Gasteiger partial charge < -0.3 is 15.4 Å². The molecular weight excluding hydrogens is 276 g/mol. The van der Waals surface area contributed by atoms with Crippen LogP contribution in [0.1, 0.15) is 19.8 Å². The molecule has 1 saturated heterocycles. The fourth-order valence-electron chi connectivity index (χ4n) is 2.43. The molecule has 1 heterocycles. The number of carbonyl (C=O) groups is 1. The maximum absolute atomic E-state index is 12.0. The lowest BCUT2D eigenvalue weighted by Crippen LogP contribution is -2.44. The molecule has 0 bridgehead atoms. The summed E-state index contributed by atoms with van der Waals surface area (Å²) in [6.07, 6.45) is 1.99. The number of benzene rings is 1. The van der Waals surface area contributed by atoms with Crippen molar-refractivity contribution in [3.8, 4) is 5.75 Å². The number of nitrogens with zero attached hydrogens (tertiary/aromatic N) is 1. The summed E-state index contributed by atoms with van der Waals surface area (Å²) in [6, 6.07) is 9.65. The zero-order valence-electron chi connectivity index (χ0n) is 11.8. The van der Waals surface area contributed by atoms with E-state index in [1.54, 1.807) is 0 Å². The number of hydrogen-bond donors (Lipinski definition) is 1. The van der Waals surface area contributed by atoms with E-state index >= 15 is 0 Å². The maximum Gasteiger partial charge on any atom is 0.260 e. The molecule has 1 fully saturated rings. The van der Waals surface area contributed by atoms with Crippen LogP contribution in [0.2, 0.25) is 0 Å². The average molecular weight is 299 g/mol. The van der Waals surface area contributed by atoms with Gasteiger partial charge in [-0.3, -0.25) is 4.79 Å². The molecule has 1 aliphatic rings. The summed E-state index contributed by atoms with van der Waals surface area (Å²) in [5.74, 6) is 1.34. The molecule has 1 unspecified atom stereocenters. The van der Waals surface area contributed by atoms with Gasteiger partial charge in [0.15, 0.2) is 6.61 Å². The Labute approximate surface area is 126 Å². The highest BCUT2D eigenvalue weighted by atomic mass is 35.5. The Balaban J connectivity index is 0.00000200. The van der Waals surface area contributed by atoms with Gasteiger partial charge in [-0.05, 0) is 37.8 Å². The number of para-hydroxylation sites is 1. The van der Waals surface area contributed by atoms with Gasteiger partial charge in [-0.1, -0.05) is 18.2 Å². The molecule has 20 heavy (non-hydrogen) atoms. The van der Waals surface area contributed by atoms with Crippen molar-refractivity contribution in [1.29, 1.82) is 0 Å². The summed E-state index contributed by atoms with van der Waals surface area (Å²) in [7, 11) is 0. The Morgan fingerprint density at radius 3 is 2.50 bits per heavy atom. The van der Waals surface area contributed by atoms with E-state index < -0.39 is 0 Å². The Kier molecular flexibility index (Phi) is 6.82. The minimum Gasteiger partial charge on any atom is -0.484 e. The van der Waals surface area contributed by atoms with Crippen LogP contribution in [0.5, 0.6) is 5.75 Å². The van der Waals surface area contributed by atoms with Gasteiger partial charge in [0.05, 0.1) is 0 Å². The van der Waals surface area contributed by atoms with Crippen LogP contribution in [0.4, 0.5) is 0 Å². The van der Waals surface area contributed by atoms with Crippen molar-refractivity contribution in [2.45, 2.75) is 25.8 Å². The molecule has 1 atom stereocenters. The second-order valence-electron chi connectivity index (χ2n) is 5.18. The summed E-state index contributed by atoms with van der Waals surface area (Å²) >= 11 is 0. The summed E-state index contributed by atoms with van der Waals surface area (Å²) in [4.78, 5) is 13.9. The molecule has 0 aliphatic carbocycles. The van der Waals surface area contributed by atoms with Crippen LogP contribution in [0.25, 0.3) is 0 Å². The molecule has 1 amide bonds. The Hall–Kier alpha value is -1.26. The summed E-state index contributed by atoms with van der Waals surface area (Å²) < 4.78 is 5.48. The molecule has 1 aromatic rings. The minimum absolute atomic E-state index is 0. The first-order valence-electron chi connectivity index (χ1n) is 6.88. The Morgan fingerprint density at radius 1 is 1.35 bits per heavy atom. The van der Waals surface area contributed by atoms with E-state index in [1.807, 2.05) is 42.2 Å². The molecule has 1 aromatic carbocycles. The van der Waals surface area contributed by atoms with Gasteiger partial charge in [0, 0.05) is 19.1 Å². The first-order valence-corrected chi connectivity index (χ1v) is 6.88. The number of piperidine rings is 1. The lowest BCUT2D eigenvalue weighted by atomic mass is 9.91. The van der Waals surface area contributed by atoms with Crippen molar-refractivity contribution in [1.82, 2.24) is 4.90 Å². The van der Waals surface area contributed by atoms with Gasteiger partial charge in [0.1, 0.15) is 5.75 Å². The number of amides is 1. The van der Waals surface area contributed by atoms with Crippen LogP contribution in [0.15, 0.2) is 30.3 Å². The van der Waals surface area contributed by atoms with Crippen molar-refractivity contribution in [2.75, 3.05) is 19.7 Å². The second-order valence-corrected chi connectivity index (χ2v) is 5.18. The third-order valence-electron chi connectivity index (χ3n) is 3.74. The largest absolute Gasteiger partial charge is 0.484 e. The molecule has 0 saturated carbocycles. The van der Waals surface area contributed by atoms with Crippen molar-refractivity contribution in [2.24, 2.45) is 11.7 Å². The second kappa shape index (κ2) is 8.12. The first kappa shape index (κ1) is 16.8. The molecule has 0 radical (unpaired) electrons. The Morgan fingerprint density at radius 2 is 1.95 bits per heavy atom. The van der Waals surface area contributed by atoms with E-state index in [0.717, 1.165) is 31.7 Å². The highest BCUT2D eigenvalue weighted by Crippen LogP contribution is 2.19. The first-order chi connectivity index (χ1) is 9.16. The van der Waals surface area contributed by atoms with Gasteiger partial charge in [-0.2, -0.15) is 0 Å². The fourth-order valence-corrected chi connectivity index (χ4v) is 2.43. The number of carbonyl (C=O) groups excluding carboxylic acids is 1. The number of rotatable bonds is 4. The SMILES string of the molecule is CC(N)C1CCN(C(=O)COc2ccccc2)CC1.Cl. The molecule has 0 spiro atoms. The average Bonchev–Trinajstić information content (AvgIpc) is 2.46. The number of nitrogens with two attached hydrogens (primary N) is 1. The van der Waals surface area contributed by atoms with Crippen LogP contribution in [0, 0.1) is 5.92 Å². The van der Waals surface area contributed by atoms with Crippen LogP contribution < -0.4 is 10.5 Å². The molecule has 2 N–H and O–H groups in total. The lowest BCUT2D eigenvalue weighted by molar-refractivity contribution is -0.134. The van der Waals surface area contributed by atoms with Gasteiger partial charge in [0.25, 0.3) is 5.91 Å². The van der Waals surface area contributed by atoms with Gasteiger partial charge >= 0.3 is 0 Å². The Bertz CT molecular complexity index is 404. The zero-order valence-corrected chi connectivity index (χ0v) is 12.6. The van der Waals surface area contributed by atoms with E-state index in [4.69, 9.17) is 10.5 Å².